The van der Waals surface area contributed by atoms with E-state index in [1.807, 2.05) is 42.5 Å². The Bertz CT molecular complexity index is 1560. The Balaban J connectivity index is 1.50. The van der Waals surface area contributed by atoms with Gasteiger partial charge < -0.3 is 9.50 Å². The summed E-state index contributed by atoms with van der Waals surface area (Å²) < 4.78 is 31.5. The molecule has 8 heteroatoms. The van der Waals surface area contributed by atoms with Gasteiger partial charge in [-0.25, -0.2) is 0 Å². The second-order valence-corrected chi connectivity index (χ2v) is 9.93. The number of nitrogens with one attached hydrogen (secondary N) is 1. The van der Waals surface area contributed by atoms with Crippen molar-refractivity contribution in [2.24, 2.45) is 0 Å². The maximum absolute atomic E-state index is 12.7. The van der Waals surface area contributed by atoms with Crippen LogP contribution in [-0.4, -0.2) is 14.3 Å². The summed E-state index contributed by atoms with van der Waals surface area (Å²) in [7, 11) is -4.03. The number of fused-ring (bicyclic) bond motifs is 1. The lowest BCUT2D eigenvalue weighted by atomic mass is 10.1. The summed E-state index contributed by atoms with van der Waals surface area (Å²) in [5, 5.41) is 13.9. The van der Waals surface area contributed by atoms with E-state index in [-0.39, 0.29) is 16.2 Å². The van der Waals surface area contributed by atoms with E-state index in [4.69, 9.17) is 4.18 Å². The normalized spacial score (nSPS) is 11.6. The van der Waals surface area contributed by atoms with Crippen molar-refractivity contribution in [3.05, 3.63) is 106 Å². The van der Waals surface area contributed by atoms with Crippen LogP contribution < -0.4 is 9.50 Å². The third-order valence-electron chi connectivity index (χ3n) is 4.89. The van der Waals surface area contributed by atoms with Crippen LogP contribution in [0.25, 0.3) is 16.8 Å². The molecule has 4 rings (SSSR count). The number of anilines is 1. The van der Waals surface area contributed by atoms with E-state index >= 15 is 0 Å². The summed E-state index contributed by atoms with van der Waals surface area (Å²) in [6.07, 6.45) is 1.42. The number of hydrogen-bond acceptors (Lipinski definition) is 5. The van der Waals surface area contributed by atoms with Gasteiger partial charge in [-0.3, -0.25) is 4.79 Å². The molecule has 0 saturated carbocycles. The highest BCUT2D eigenvalue weighted by molar-refractivity contribution is 14.1. The molecule has 4 aromatic carbocycles. The topological polar surface area (TPSA) is 96.3 Å². The molecule has 0 spiro atoms. The fraction of sp³-hybridized carbons (Fsp3) is 0. The zero-order chi connectivity index (χ0) is 24.1. The van der Waals surface area contributed by atoms with Gasteiger partial charge in [0.1, 0.15) is 22.3 Å². The first kappa shape index (κ1) is 23.5. The molecule has 34 heavy (non-hydrogen) atoms. The molecule has 0 saturated heterocycles. The van der Waals surface area contributed by atoms with Gasteiger partial charge in [0.2, 0.25) is 0 Å². The van der Waals surface area contributed by atoms with Gasteiger partial charge in [0.25, 0.3) is 5.91 Å². The lowest BCUT2D eigenvalue weighted by Crippen LogP contribution is -2.14. The summed E-state index contributed by atoms with van der Waals surface area (Å²) in [4.78, 5) is 12.5. The van der Waals surface area contributed by atoms with E-state index in [0.717, 1.165) is 14.3 Å². The summed E-state index contributed by atoms with van der Waals surface area (Å²) in [6, 6.07) is 27.4. The molecule has 0 fully saturated rings. The van der Waals surface area contributed by atoms with Crippen molar-refractivity contribution in [2.45, 2.75) is 4.90 Å². The van der Waals surface area contributed by atoms with Crippen LogP contribution in [0, 0.1) is 14.9 Å². The number of halogens is 1. The average molecular weight is 580 g/mol. The number of para-hydroxylation sites is 1. The quantitative estimate of drug-likeness (QED) is 0.136. The lowest BCUT2D eigenvalue weighted by molar-refractivity contribution is -0.112. The molecule has 6 nitrogen and oxygen atoms in total. The van der Waals surface area contributed by atoms with E-state index in [1.54, 1.807) is 36.4 Å². The minimum atomic E-state index is -4.03. The number of nitriles is 1. The summed E-state index contributed by atoms with van der Waals surface area (Å²) in [6.45, 7) is 0. The fourth-order valence-corrected chi connectivity index (χ4v) is 4.67. The van der Waals surface area contributed by atoms with Crippen LogP contribution in [0.1, 0.15) is 5.56 Å². The Kier molecular flexibility index (Phi) is 6.95. The highest BCUT2D eigenvalue weighted by atomic mass is 127. The highest BCUT2D eigenvalue weighted by Gasteiger charge is 2.17. The fourth-order valence-electron chi connectivity index (χ4n) is 3.18. The van der Waals surface area contributed by atoms with Crippen molar-refractivity contribution in [2.75, 3.05) is 5.32 Å². The number of amides is 1. The van der Waals surface area contributed by atoms with Crippen LogP contribution in [0.3, 0.4) is 0 Å². The lowest BCUT2D eigenvalue weighted by Gasteiger charge is -2.09. The number of nitrogens with zero attached hydrogens (tertiary/aromatic N) is 1. The summed E-state index contributed by atoms with van der Waals surface area (Å²) in [5.41, 5.74) is 1.07. The smallest absolute Gasteiger partial charge is 0.339 e. The Hall–Kier alpha value is -3.68. The zero-order valence-corrected chi connectivity index (χ0v) is 20.6. The van der Waals surface area contributed by atoms with E-state index in [1.165, 1.54) is 24.3 Å². The predicted molar refractivity (Wildman–Crippen MR) is 140 cm³/mol. The number of benzene rings is 4. The number of carbonyl (C=O) groups is 1. The minimum Gasteiger partial charge on any atom is -0.379 e. The van der Waals surface area contributed by atoms with Gasteiger partial charge in [0.15, 0.2) is 0 Å². The van der Waals surface area contributed by atoms with Crippen LogP contribution in [-0.2, 0) is 14.9 Å². The molecule has 0 unspecified atom stereocenters. The van der Waals surface area contributed by atoms with Crippen molar-refractivity contribution in [1.29, 1.82) is 5.26 Å². The van der Waals surface area contributed by atoms with Crippen LogP contribution in [0.5, 0.6) is 5.75 Å². The molecule has 0 aromatic heterocycles. The molecule has 0 aliphatic rings. The van der Waals surface area contributed by atoms with Gasteiger partial charge in [-0.1, -0.05) is 54.6 Å². The second-order valence-electron chi connectivity index (χ2n) is 7.22. The van der Waals surface area contributed by atoms with Gasteiger partial charge in [-0.2, -0.15) is 13.7 Å². The van der Waals surface area contributed by atoms with Crippen molar-refractivity contribution in [3.63, 3.8) is 0 Å². The minimum absolute atomic E-state index is 0.0501. The number of carbonyl (C=O) groups excluding carboxylic acids is 1. The van der Waals surface area contributed by atoms with E-state index in [2.05, 4.69) is 27.9 Å². The van der Waals surface area contributed by atoms with Gasteiger partial charge in [-0.05, 0) is 81.4 Å². The standard InChI is InChI=1S/C26H17IN2O4S/c27-24-7-3-4-8-25(24)29-26(30)21(17-28)15-18-9-12-22(13-10-18)33-34(31,32)23-14-11-19-5-1-2-6-20(19)16-23/h1-16H,(H,29,30)/b21-15-. The van der Waals surface area contributed by atoms with Crippen molar-refractivity contribution in [1.82, 2.24) is 0 Å². The first-order valence-electron chi connectivity index (χ1n) is 10.1. The number of rotatable bonds is 6. The zero-order valence-electron chi connectivity index (χ0n) is 17.6. The van der Waals surface area contributed by atoms with Crippen molar-refractivity contribution < 1.29 is 17.4 Å². The molecule has 0 radical (unpaired) electrons. The van der Waals surface area contributed by atoms with Crippen LogP contribution in [0.2, 0.25) is 0 Å². The Morgan fingerprint density at radius 2 is 1.59 bits per heavy atom. The van der Waals surface area contributed by atoms with Crippen LogP contribution in [0.15, 0.2) is 101 Å². The van der Waals surface area contributed by atoms with E-state index in [9.17, 15) is 18.5 Å². The van der Waals surface area contributed by atoms with Gasteiger partial charge in [0, 0.05) is 3.57 Å². The second kappa shape index (κ2) is 10.1. The van der Waals surface area contributed by atoms with E-state index < -0.39 is 16.0 Å². The van der Waals surface area contributed by atoms with Gasteiger partial charge in [-0.15, -0.1) is 0 Å². The van der Waals surface area contributed by atoms with E-state index in [0.29, 0.717) is 11.3 Å². The maximum Gasteiger partial charge on any atom is 0.339 e. The molecule has 0 aliphatic carbocycles. The summed E-state index contributed by atoms with van der Waals surface area (Å²) in [5.74, 6) is -0.419. The SMILES string of the molecule is N#C/C(=C/c1ccc(OS(=O)(=O)c2ccc3ccccc3c2)cc1)C(=O)Nc1ccccc1I. The first-order chi connectivity index (χ1) is 16.4. The monoisotopic (exact) mass is 580 g/mol. The number of hydrogen-bond donors (Lipinski definition) is 1. The Morgan fingerprint density at radius 3 is 2.29 bits per heavy atom. The molecule has 1 N–H and O–H groups in total. The summed E-state index contributed by atoms with van der Waals surface area (Å²) >= 11 is 2.09. The molecule has 4 aromatic rings. The Morgan fingerprint density at radius 1 is 0.912 bits per heavy atom. The average Bonchev–Trinajstić information content (AvgIpc) is 2.84. The Labute approximate surface area is 210 Å². The third-order valence-corrected chi connectivity index (χ3v) is 7.08. The molecule has 0 bridgehead atoms. The first-order valence-corrected chi connectivity index (χ1v) is 12.6. The molecular formula is C26H17IN2O4S. The molecule has 0 aliphatic heterocycles. The van der Waals surface area contributed by atoms with Crippen LogP contribution >= 0.6 is 22.6 Å². The predicted octanol–water partition coefficient (Wildman–Crippen LogP) is 5.76. The highest BCUT2D eigenvalue weighted by Crippen LogP contribution is 2.24. The largest absolute Gasteiger partial charge is 0.379 e. The molecule has 168 valence electrons. The third kappa shape index (κ3) is 5.44. The van der Waals surface area contributed by atoms with Gasteiger partial charge >= 0.3 is 10.1 Å². The van der Waals surface area contributed by atoms with Gasteiger partial charge in [0.05, 0.1) is 5.69 Å². The van der Waals surface area contributed by atoms with Crippen molar-refractivity contribution >= 4 is 61.2 Å². The van der Waals surface area contributed by atoms with Crippen molar-refractivity contribution in [3.8, 4) is 11.8 Å². The molecule has 1 amide bonds. The molecular weight excluding hydrogens is 563 g/mol. The van der Waals surface area contributed by atoms with Crippen LogP contribution in [0.4, 0.5) is 5.69 Å². The molecule has 0 atom stereocenters. The maximum atomic E-state index is 12.7. The molecule has 0 heterocycles.